The number of hydrogen-bond acceptors (Lipinski definition) is 5. The summed E-state index contributed by atoms with van der Waals surface area (Å²) in [4.78, 5) is 4.05. The number of aromatic nitrogens is 2. The minimum absolute atomic E-state index is 0.132. The van der Waals surface area contributed by atoms with Gasteiger partial charge in [0.25, 0.3) is 0 Å². The monoisotopic (exact) mass is 301 g/mol. The van der Waals surface area contributed by atoms with Crippen LogP contribution in [0, 0.1) is 0 Å². The number of alkyl halides is 3. The van der Waals surface area contributed by atoms with Crippen LogP contribution in [0.3, 0.4) is 0 Å². The fourth-order valence-corrected chi connectivity index (χ4v) is 1.78. The minimum Gasteiger partial charge on any atom is -0.383 e. The van der Waals surface area contributed by atoms with Crippen molar-refractivity contribution in [2.75, 3.05) is 13.7 Å². The van der Waals surface area contributed by atoms with E-state index >= 15 is 0 Å². The third kappa shape index (κ3) is 4.02. The van der Waals surface area contributed by atoms with E-state index in [4.69, 9.17) is 15.0 Å². The van der Waals surface area contributed by atoms with Gasteiger partial charge in [-0.15, -0.1) is 0 Å². The predicted octanol–water partition coefficient (Wildman–Crippen LogP) is 2.33. The lowest BCUT2D eigenvalue weighted by atomic mass is 10.1. The Balaban J connectivity index is 2.12. The van der Waals surface area contributed by atoms with Gasteiger partial charge in [0.1, 0.15) is 6.04 Å². The van der Waals surface area contributed by atoms with Crippen molar-refractivity contribution in [3.8, 4) is 0 Å². The Morgan fingerprint density at radius 2 is 2.14 bits per heavy atom. The molecule has 114 valence electrons. The Labute approximate surface area is 118 Å². The van der Waals surface area contributed by atoms with Crippen LogP contribution in [0.5, 0.6) is 0 Å². The van der Waals surface area contributed by atoms with Gasteiger partial charge in [0.2, 0.25) is 5.89 Å². The van der Waals surface area contributed by atoms with Crippen LogP contribution in [0.15, 0.2) is 28.8 Å². The Kier molecular flexibility index (Phi) is 4.59. The number of benzene rings is 1. The fraction of sp³-hybridized carbons (Fsp3) is 0.385. The van der Waals surface area contributed by atoms with Crippen molar-refractivity contribution in [1.82, 2.24) is 10.1 Å². The molecule has 1 heterocycles. The molecule has 0 saturated carbocycles. The van der Waals surface area contributed by atoms with E-state index in [0.29, 0.717) is 5.56 Å². The SMILES string of the molecule is COCC(N)c1nc(Cc2cccc(C(F)(F)F)c2)no1. The first kappa shape index (κ1) is 15.5. The summed E-state index contributed by atoms with van der Waals surface area (Å²) in [6.07, 6.45) is -4.24. The molecule has 0 amide bonds. The Morgan fingerprint density at radius 3 is 2.81 bits per heavy atom. The quantitative estimate of drug-likeness (QED) is 0.917. The molecule has 21 heavy (non-hydrogen) atoms. The zero-order valence-electron chi connectivity index (χ0n) is 11.2. The Bertz CT molecular complexity index is 598. The van der Waals surface area contributed by atoms with Crippen LogP contribution in [-0.2, 0) is 17.3 Å². The molecule has 1 unspecified atom stereocenters. The second-order valence-electron chi connectivity index (χ2n) is 4.49. The summed E-state index contributed by atoms with van der Waals surface area (Å²) in [6.45, 7) is 0.213. The maximum Gasteiger partial charge on any atom is 0.416 e. The third-order valence-corrected chi connectivity index (χ3v) is 2.76. The van der Waals surface area contributed by atoms with Gasteiger partial charge >= 0.3 is 6.18 Å². The van der Waals surface area contributed by atoms with Crippen LogP contribution in [0.1, 0.15) is 28.9 Å². The van der Waals surface area contributed by atoms with E-state index < -0.39 is 17.8 Å². The summed E-state index contributed by atoms with van der Waals surface area (Å²) >= 11 is 0. The molecule has 1 aromatic heterocycles. The second-order valence-corrected chi connectivity index (χ2v) is 4.49. The molecule has 0 aliphatic heterocycles. The molecule has 0 spiro atoms. The highest BCUT2D eigenvalue weighted by Gasteiger charge is 2.30. The molecule has 0 radical (unpaired) electrons. The predicted molar refractivity (Wildman–Crippen MR) is 67.4 cm³/mol. The van der Waals surface area contributed by atoms with Crippen LogP contribution in [0.25, 0.3) is 0 Å². The largest absolute Gasteiger partial charge is 0.416 e. The number of halogens is 3. The highest BCUT2D eigenvalue weighted by molar-refractivity contribution is 5.27. The highest BCUT2D eigenvalue weighted by atomic mass is 19.4. The standard InChI is InChI=1S/C13H14F3N3O2/c1-20-7-10(17)12-18-11(19-21-12)6-8-3-2-4-9(5-8)13(14,15)16/h2-5,10H,6-7,17H2,1H3. The third-order valence-electron chi connectivity index (χ3n) is 2.76. The maximum absolute atomic E-state index is 12.6. The maximum atomic E-state index is 12.6. The van der Waals surface area contributed by atoms with Gasteiger partial charge in [0, 0.05) is 13.5 Å². The van der Waals surface area contributed by atoms with E-state index in [1.54, 1.807) is 6.07 Å². The highest BCUT2D eigenvalue weighted by Crippen LogP contribution is 2.29. The summed E-state index contributed by atoms with van der Waals surface area (Å²) in [6, 6.07) is 4.43. The van der Waals surface area contributed by atoms with Gasteiger partial charge < -0.3 is 15.0 Å². The number of nitrogens with two attached hydrogens (primary N) is 1. The molecule has 2 rings (SSSR count). The van der Waals surface area contributed by atoms with Crippen molar-refractivity contribution >= 4 is 0 Å². The van der Waals surface area contributed by atoms with Crippen LogP contribution in [-0.4, -0.2) is 23.9 Å². The van der Waals surface area contributed by atoms with Crippen LogP contribution in [0.4, 0.5) is 13.2 Å². The van der Waals surface area contributed by atoms with Crippen molar-refractivity contribution in [2.24, 2.45) is 5.73 Å². The molecule has 1 aromatic carbocycles. The molecule has 2 N–H and O–H groups in total. The first-order chi connectivity index (χ1) is 9.90. The molecule has 2 aromatic rings. The van der Waals surface area contributed by atoms with Crippen molar-refractivity contribution in [1.29, 1.82) is 0 Å². The number of hydrogen-bond donors (Lipinski definition) is 1. The van der Waals surface area contributed by atoms with Crippen molar-refractivity contribution < 1.29 is 22.4 Å². The van der Waals surface area contributed by atoms with Gasteiger partial charge in [0.15, 0.2) is 5.82 Å². The lowest BCUT2D eigenvalue weighted by molar-refractivity contribution is -0.137. The molecule has 0 aliphatic carbocycles. The van der Waals surface area contributed by atoms with Gasteiger partial charge in [-0.05, 0) is 11.6 Å². The molecule has 0 bridgehead atoms. The van der Waals surface area contributed by atoms with Crippen LogP contribution >= 0.6 is 0 Å². The molecular weight excluding hydrogens is 287 g/mol. The molecule has 0 aliphatic rings. The number of rotatable bonds is 5. The van der Waals surface area contributed by atoms with Gasteiger partial charge in [-0.25, -0.2) is 0 Å². The Morgan fingerprint density at radius 1 is 1.38 bits per heavy atom. The topological polar surface area (TPSA) is 74.2 Å². The minimum atomic E-state index is -4.38. The lowest BCUT2D eigenvalue weighted by Crippen LogP contribution is -2.16. The zero-order valence-corrected chi connectivity index (χ0v) is 11.2. The van der Waals surface area contributed by atoms with E-state index in [-0.39, 0.29) is 24.7 Å². The number of ether oxygens (including phenoxy) is 1. The van der Waals surface area contributed by atoms with E-state index in [2.05, 4.69) is 10.1 Å². The van der Waals surface area contributed by atoms with Crippen LogP contribution in [0.2, 0.25) is 0 Å². The van der Waals surface area contributed by atoms with E-state index in [9.17, 15) is 13.2 Å². The molecule has 0 fully saturated rings. The molecule has 5 nitrogen and oxygen atoms in total. The summed E-state index contributed by atoms with van der Waals surface area (Å²) in [5, 5.41) is 3.70. The summed E-state index contributed by atoms with van der Waals surface area (Å²) in [5.74, 6) is 0.467. The smallest absolute Gasteiger partial charge is 0.383 e. The van der Waals surface area contributed by atoms with Crippen molar-refractivity contribution in [3.63, 3.8) is 0 Å². The van der Waals surface area contributed by atoms with Crippen LogP contribution < -0.4 is 5.73 Å². The first-order valence-electron chi connectivity index (χ1n) is 6.13. The molecule has 8 heteroatoms. The number of nitrogens with zero attached hydrogens (tertiary/aromatic N) is 2. The lowest BCUT2D eigenvalue weighted by Gasteiger charge is -2.07. The Hall–Kier alpha value is -1.93. The van der Waals surface area contributed by atoms with Gasteiger partial charge in [-0.2, -0.15) is 18.2 Å². The van der Waals surface area contributed by atoms with Gasteiger partial charge in [-0.1, -0.05) is 23.4 Å². The average molecular weight is 301 g/mol. The molecule has 1 atom stereocenters. The summed E-state index contributed by atoms with van der Waals surface area (Å²) in [7, 11) is 1.49. The zero-order chi connectivity index (χ0) is 15.5. The van der Waals surface area contributed by atoms with E-state index in [1.807, 2.05) is 0 Å². The fourth-order valence-electron chi connectivity index (χ4n) is 1.78. The summed E-state index contributed by atoms with van der Waals surface area (Å²) in [5.41, 5.74) is 5.46. The average Bonchev–Trinajstić information content (AvgIpc) is 2.87. The van der Waals surface area contributed by atoms with Crippen molar-refractivity contribution in [2.45, 2.75) is 18.6 Å². The van der Waals surface area contributed by atoms with E-state index in [0.717, 1.165) is 12.1 Å². The second kappa shape index (κ2) is 6.23. The first-order valence-corrected chi connectivity index (χ1v) is 6.13. The molecular formula is C13H14F3N3O2. The number of methoxy groups -OCH3 is 1. The molecule has 0 saturated heterocycles. The van der Waals surface area contributed by atoms with Crippen molar-refractivity contribution in [3.05, 3.63) is 47.1 Å². The van der Waals surface area contributed by atoms with Gasteiger partial charge in [0.05, 0.1) is 12.2 Å². The normalized spacial score (nSPS) is 13.4. The summed E-state index contributed by atoms with van der Waals surface area (Å²) < 4.78 is 47.7. The van der Waals surface area contributed by atoms with E-state index in [1.165, 1.54) is 13.2 Å². The van der Waals surface area contributed by atoms with Gasteiger partial charge in [-0.3, -0.25) is 0 Å².